The number of amidine groups is 1. The van der Waals surface area contributed by atoms with Crippen LogP contribution in [0.4, 0.5) is 4.79 Å². The molecule has 15 nitrogen and oxygen atoms in total. The summed E-state index contributed by atoms with van der Waals surface area (Å²) in [4.78, 5) is 41.8. The molecule has 1 aromatic heterocycles. The number of hydrogen-bond acceptors (Lipinski definition) is 11. The van der Waals surface area contributed by atoms with E-state index in [1.807, 2.05) is 0 Å². The summed E-state index contributed by atoms with van der Waals surface area (Å²) in [5, 5.41) is 11.1. The van der Waals surface area contributed by atoms with Gasteiger partial charge in [-0.25, -0.2) is 18.0 Å². The molecule has 0 saturated carbocycles. The molecule has 1 N–H and O–H groups in total. The van der Waals surface area contributed by atoms with Crippen molar-refractivity contribution in [3.63, 3.8) is 0 Å². The molecule has 1 fully saturated rings. The molecule has 2 aliphatic heterocycles. The van der Waals surface area contributed by atoms with E-state index in [0.717, 1.165) is 6.92 Å². The average Bonchev–Trinajstić information content (AvgIpc) is 3.17. The van der Waals surface area contributed by atoms with Gasteiger partial charge in [0.2, 0.25) is 10.4 Å². The van der Waals surface area contributed by atoms with Crippen LogP contribution in [-0.4, -0.2) is 76.2 Å². The first kappa shape index (κ1) is 26.0. The number of carbonyl (C=O) groups excluding carboxylic acids is 3. The van der Waals surface area contributed by atoms with Crippen molar-refractivity contribution in [2.45, 2.75) is 32.0 Å². The van der Waals surface area contributed by atoms with Crippen molar-refractivity contribution in [3.05, 3.63) is 17.5 Å². The summed E-state index contributed by atoms with van der Waals surface area (Å²) in [5.41, 5.74) is 0.844. The Hall–Kier alpha value is -2.24. The Balaban J connectivity index is 0.00000363. The number of esters is 1. The molecule has 0 radical (unpaired) electrons. The maximum Gasteiger partial charge on any atom is 1.00 e. The molecule has 1 unspecified atom stereocenters. The van der Waals surface area contributed by atoms with Crippen LogP contribution >= 0.6 is 0 Å². The summed E-state index contributed by atoms with van der Waals surface area (Å²) in [6, 6.07) is -2.79. The fourth-order valence-corrected chi connectivity index (χ4v) is 3.76. The standard InChI is InChI=1S/C15H20N6O9S.Na/c1-7(28-8(2)22)14(23)29-18-13(16-3)12-11-9(5-17-19(11)4)10-6-20(12)15(24)21(10)30-31(25,26)27;/h5,7,10,12H,6H2,1-4H3,(H,16,18)(H,25,26,27);/q;+1/p-1/t7?,10-,12-;/m0./s1. The van der Waals surface area contributed by atoms with E-state index in [1.54, 1.807) is 7.05 Å². The van der Waals surface area contributed by atoms with Gasteiger partial charge >= 0.3 is 47.5 Å². The minimum Gasteiger partial charge on any atom is -0.724 e. The predicted molar refractivity (Wildman–Crippen MR) is 97.2 cm³/mol. The molecule has 3 atom stereocenters. The van der Waals surface area contributed by atoms with E-state index in [9.17, 15) is 27.4 Å². The van der Waals surface area contributed by atoms with Crippen molar-refractivity contribution in [1.82, 2.24) is 25.1 Å². The molecule has 2 bridgehead atoms. The van der Waals surface area contributed by atoms with Crippen molar-refractivity contribution < 1.29 is 70.8 Å². The summed E-state index contributed by atoms with van der Waals surface area (Å²) < 4.78 is 43.8. The van der Waals surface area contributed by atoms with E-state index in [2.05, 4.69) is 19.9 Å². The maximum atomic E-state index is 12.8. The smallest absolute Gasteiger partial charge is 0.724 e. The van der Waals surface area contributed by atoms with Gasteiger partial charge < -0.3 is 24.3 Å². The maximum absolute atomic E-state index is 12.8. The number of likely N-dealkylation sites (N-methyl/N-ethyl adjacent to an activating group) is 1. The van der Waals surface area contributed by atoms with Crippen LogP contribution in [0.1, 0.15) is 37.2 Å². The molecular formula is C15H19N6NaO9S. The Kier molecular flexibility index (Phi) is 7.90. The van der Waals surface area contributed by atoms with Gasteiger partial charge in [-0.1, -0.05) is 5.16 Å². The number of amides is 2. The first-order valence-electron chi connectivity index (χ1n) is 8.85. The van der Waals surface area contributed by atoms with Crippen molar-refractivity contribution in [2.24, 2.45) is 12.2 Å². The molecule has 1 aromatic rings. The number of hydroxylamine groups is 2. The average molecular weight is 482 g/mol. The third-order valence-electron chi connectivity index (χ3n) is 4.63. The first-order chi connectivity index (χ1) is 14.4. The van der Waals surface area contributed by atoms with E-state index in [4.69, 9.17) is 9.57 Å². The molecule has 3 rings (SSSR count). The van der Waals surface area contributed by atoms with Gasteiger partial charge in [0.15, 0.2) is 11.9 Å². The van der Waals surface area contributed by atoms with Gasteiger partial charge in [-0.05, 0) is 6.92 Å². The molecule has 2 amide bonds. The number of fused-ring (bicyclic) bond motifs is 4. The van der Waals surface area contributed by atoms with E-state index >= 15 is 0 Å². The molecule has 0 spiro atoms. The fourth-order valence-electron chi connectivity index (χ4n) is 3.40. The molecule has 0 aliphatic carbocycles. The normalized spacial score (nSPS) is 20.9. The SMILES string of the molecule is CN/C(=N\OC(=O)C(C)OC(C)=O)[C@@H]1c2c(cnn2C)[C@@H]2CN1C(=O)N2OS(=O)(=O)[O-].[Na+]. The van der Waals surface area contributed by atoms with Gasteiger partial charge in [-0.15, -0.1) is 0 Å². The number of ether oxygens (including phenoxy) is 1. The number of nitrogens with one attached hydrogen (secondary N) is 1. The van der Waals surface area contributed by atoms with Crippen molar-refractivity contribution in [3.8, 4) is 0 Å². The van der Waals surface area contributed by atoms with E-state index in [-0.39, 0.29) is 41.9 Å². The molecule has 32 heavy (non-hydrogen) atoms. The summed E-state index contributed by atoms with van der Waals surface area (Å²) in [6.07, 6.45) is 0.181. The van der Waals surface area contributed by atoms with Crippen molar-refractivity contribution in [1.29, 1.82) is 0 Å². The summed E-state index contributed by atoms with van der Waals surface area (Å²) >= 11 is 0. The van der Waals surface area contributed by atoms with Gasteiger partial charge in [0.1, 0.15) is 12.1 Å². The summed E-state index contributed by atoms with van der Waals surface area (Å²) in [6.45, 7) is 2.38. The minimum atomic E-state index is -5.21. The fraction of sp³-hybridized carbons (Fsp3) is 0.533. The van der Waals surface area contributed by atoms with E-state index < -0.39 is 46.6 Å². The zero-order valence-electron chi connectivity index (χ0n) is 17.8. The Morgan fingerprint density at radius 2 is 2.06 bits per heavy atom. The largest absolute Gasteiger partial charge is 1.00 e. The minimum absolute atomic E-state index is 0. The molecule has 170 valence electrons. The number of aryl methyl sites for hydroxylation is 1. The Labute approximate surface area is 204 Å². The van der Waals surface area contributed by atoms with Gasteiger partial charge in [0.05, 0.1) is 18.4 Å². The van der Waals surface area contributed by atoms with E-state index in [0.29, 0.717) is 16.3 Å². The zero-order valence-corrected chi connectivity index (χ0v) is 20.7. The van der Waals surface area contributed by atoms with Crippen LogP contribution in [0.25, 0.3) is 0 Å². The second kappa shape index (κ2) is 9.72. The third-order valence-corrected chi connectivity index (χ3v) is 4.97. The second-order valence-corrected chi connectivity index (χ2v) is 7.62. The second-order valence-electron chi connectivity index (χ2n) is 6.66. The molecule has 2 aliphatic rings. The van der Waals surface area contributed by atoms with Gasteiger partial charge in [0, 0.05) is 26.6 Å². The Morgan fingerprint density at radius 1 is 1.41 bits per heavy atom. The Morgan fingerprint density at radius 3 is 2.62 bits per heavy atom. The van der Waals surface area contributed by atoms with Crippen LogP contribution in [0.5, 0.6) is 0 Å². The topological polar surface area (TPSA) is 185 Å². The summed E-state index contributed by atoms with van der Waals surface area (Å²) in [7, 11) is -2.17. The molecule has 17 heteroatoms. The molecule has 0 aromatic carbocycles. The van der Waals surface area contributed by atoms with Gasteiger partial charge in [0.25, 0.3) is 0 Å². The summed E-state index contributed by atoms with van der Waals surface area (Å²) in [5.74, 6) is -1.65. The van der Waals surface area contributed by atoms with Crippen molar-refractivity contribution in [2.75, 3.05) is 13.6 Å². The Bertz CT molecular complexity index is 1060. The zero-order chi connectivity index (χ0) is 23.1. The van der Waals surface area contributed by atoms with Crippen LogP contribution in [-0.2, 0) is 40.9 Å². The number of carbonyl (C=O) groups is 3. The van der Waals surface area contributed by atoms with Crippen molar-refractivity contribution >= 4 is 34.2 Å². The number of aromatic nitrogens is 2. The van der Waals surface area contributed by atoms with E-state index in [1.165, 1.54) is 29.7 Å². The number of urea groups is 1. The van der Waals surface area contributed by atoms with Crippen LogP contribution in [0.15, 0.2) is 11.4 Å². The van der Waals surface area contributed by atoms with Gasteiger partial charge in [-0.3, -0.25) is 9.48 Å². The van der Waals surface area contributed by atoms with Crippen LogP contribution in [0, 0.1) is 0 Å². The number of hydrogen-bond donors (Lipinski definition) is 1. The molecular weight excluding hydrogens is 463 g/mol. The molecule has 1 saturated heterocycles. The van der Waals surface area contributed by atoms with Crippen LogP contribution in [0.3, 0.4) is 0 Å². The quantitative estimate of drug-likeness (QED) is 0.0604. The number of oxime groups is 1. The van der Waals surface area contributed by atoms with Gasteiger partial charge in [-0.2, -0.15) is 14.4 Å². The number of rotatable bonds is 6. The molecule has 3 heterocycles. The third kappa shape index (κ3) is 5.05. The van der Waals surface area contributed by atoms with Crippen LogP contribution in [0.2, 0.25) is 0 Å². The first-order valence-corrected chi connectivity index (χ1v) is 10.2. The number of nitrogens with zero attached hydrogens (tertiary/aromatic N) is 5. The predicted octanol–water partition coefficient (Wildman–Crippen LogP) is -4.32. The monoisotopic (exact) mass is 482 g/mol. The van der Waals surface area contributed by atoms with Crippen LogP contribution < -0.4 is 34.9 Å².